The average Bonchev–Trinajstić information content (AvgIpc) is 2.68. The van der Waals surface area contributed by atoms with E-state index < -0.39 is 0 Å². The largest absolute Gasteiger partial charge is 0.383 e. The van der Waals surface area contributed by atoms with Gasteiger partial charge in [-0.2, -0.15) is 5.10 Å². The van der Waals surface area contributed by atoms with Crippen molar-refractivity contribution in [2.24, 2.45) is 13.0 Å². The van der Waals surface area contributed by atoms with Gasteiger partial charge < -0.3 is 5.73 Å². The molecule has 0 bridgehead atoms. The van der Waals surface area contributed by atoms with Gasteiger partial charge >= 0.3 is 0 Å². The Bertz CT molecular complexity index is 632. The van der Waals surface area contributed by atoms with E-state index in [9.17, 15) is 0 Å². The smallest absolute Gasteiger partial charge is 0.129 e. The van der Waals surface area contributed by atoms with Crippen molar-refractivity contribution in [2.45, 2.75) is 26.7 Å². The zero-order valence-corrected chi connectivity index (χ0v) is 13.6. The highest BCUT2D eigenvalue weighted by Gasteiger charge is 2.22. The molecule has 0 saturated carbocycles. The molecule has 0 aliphatic rings. The van der Waals surface area contributed by atoms with E-state index in [1.54, 1.807) is 10.7 Å². The van der Waals surface area contributed by atoms with Crippen LogP contribution in [0.5, 0.6) is 0 Å². The molecule has 0 spiro atoms. The second-order valence-corrected chi connectivity index (χ2v) is 6.25. The van der Waals surface area contributed by atoms with Gasteiger partial charge in [-0.15, -0.1) is 0 Å². The molecule has 0 saturated heterocycles. The Hall–Kier alpha value is -1.19. The maximum absolute atomic E-state index is 6.19. The van der Waals surface area contributed by atoms with Crippen molar-refractivity contribution < 1.29 is 0 Å². The van der Waals surface area contributed by atoms with E-state index in [0.29, 0.717) is 27.7 Å². The number of nitrogens with two attached hydrogens (primary N) is 1. The number of aromatic nitrogens is 2. The number of benzene rings is 1. The predicted molar refractivity (Wildman–Crippen MR) is 86.3 cm³/mol. The highest BCUT2D eigenvalue weighted by atomic mass is 35.5. The highest BCUT2D eigenvalue weighted by molar-refractivity contribution is 6.42. The van der Waals surface area contributed by atoms with Gasteiger partial charge in [-0.05, 0) is 23.6 Å². The van der Waals surface area contributed by atoms with Crippen LogP contribution in [0.1, 0.15) is 32.4 Å². The average molecular weight is 312 g/mol. The molecule has 20 heavy (non-hydrogen) atoms. The summed E-state index contributed by atoms with van der Waals surface area (Å²) in [5.41, 5.74) is 9.09. The summed E-state index contributed by atoms with van der Waals surface area (Å²) in [7, 11) is 1.85. The van der Waals surface area contributed by atoms with Crippen LogP contribution in [-0.2, 0) is 7.05 Å². The normalized spacial score (nSPS) is 12.9. The highest BCUT2D eigenvalue weighted by Crippen LogP contribution is 2.38. The number of aryl methyl sites for hydroxylation is 1. The predicted octanol–water partition coefficient (Wildman–Crippen LogP) is 4.74. The molecule has 5 heteroatoms. The Kier molecular flexibility index (Phi) is 4.31. The first kappa shape index (κ1) is 15.2. The number of hydrogen-bond acceptors (Lipinski definition) is 2. The SMILES string of the molecule is CC(C)C(C)c1nn(C)c(N)c1-c1ccc(Cl)c(Cl)c1. The Morgan fingerprint density at radius 3 is 2.35 bits per heavy atom. The van der Waals surface area contributed by atoms with Crippen molar-refractivity contribution in [3.8, 4) is 11.1 Å². The van der Waals surface area contributed by atoms with Crippen molar-refractivity contribution in [1.82, 2.24) is 9.78 Å². The fourth-order valence-electron chi connectivity index (χ4n) is 2.14. The zero-order valence-electron chi connectivity index (χ0n) is 12.1. The van der Waals surface area contributed by atoms with Gasteiger partial charge in [0.1, 0.15) is 5.82 Å². The molecule has 1 atom stereocenters. The van der Waals surface area contributed by atoms with Crippen LogP contribution in [0.4, 0.5) is 5.82 Å². The Morgan fingerprint density at radius 2 is 1.80 bits per heavy atom. The van der Waals surface area contributed by atoms with Crippen LogP contribution in [0.25, 0.3) is 11.1 Å². The molecule has 0 radical (unpaired) electrons. The van der Waals surface area contributed by atoms with Crippen LogP contribution in [0, 0.1) is 5.92 Å². The Labute approximate surface area is 129 Å². The lowest BCUT2D eigenvalue weighted by molar-refractivity contribution is 0.517. The molecule has 0 aliphatic carbocycles. The molecule has 108 valence electrons. The van der Waals surface area contributed by atoms with Crippen LogP contribution < -0.4 is 5.73 Å². The van der Waals surface area contributed by atoms with Gasteiger partial charge in [-0.1, -0.05) is 50.0 Å². The lowest BCUT2D eigenvalue weighted by Crippen LogP contribution is -2.04. The maximum atomic E-state index is 6.19. The van der Waals surface area contributed by atoms with E-state index >= 15 is 0 Å². The van der Waals surface area contributed by atoms with Crippen LogP contribution >= 0.6 is 23.2 Å². The summed E-state index contributed by atoms with van der Waals surface area (Å²) in [4.78, 5) is 0. The third kappa shape index (κ3) is 2.65. The minimum Gasteiger partial charge on any atom is -0.383 e. The van der Waals surface area contributed by atoms with Crippen molar-refractivity contribution in [3.05, 3.63) is 33.9 Å². The van der Waals surface area contributed by atoms with Crippen molar-refractivity contribution in [2.75, 3.05) is 5.73 Å². The molecule has 1 aromatic carbocycles. The molecule has 0 amide bonds. The number of nitrogen functional groups attached to an aromatic ring is 1. The first-order valence-corrected chi connectivity index (χ1v) is 7.36. The standard InChI is InChI=1S/C15H19Cl2N3/c1-8(2)9(3)14-13(15(18)20(4)19-14)10-5-6-11(16)12(17)7-10/h5-9H,18H2,1-4H3. The molecule has 0 fully saturated rings. The molecule has 2 aromatic rings. The molecule has 1 aromatic heterocycles. The van der Waals surface area contributed by atoms with E-state index in [1.807, 2.05) is 19.2 Å². The Balaban J connectivity index is 2.63. The zero-order chi connectivity index (χ0) is 15.0. The molecule has 0 aliphatic heterocycles. The lowest BCUT2D eigenvalue weighted by Gasteiger charge is -2.15. The van der Waals surface area contributed by atoms with E-state index in [4.69, 9.17) is 28.9 Å². The van der Waals surface area contributed by atoms with Gasteiger partial charge in [-0.3, -0.25) is 4.68 Å². The van der Waals surface area contributed by atoms with Gasteiger partial charge in [0.25, 0.3) is 0 Å². The summed E-state index contributed by atoms with van der Waals surface area (Å²) in [5, 5.41) is 5.64. The van der Waals surface area contributed by atoms with Gasteiger partial charge in [0.05, 0.1) is 15.7 Å². The van der Waals surface area contributed by atoms with Gasteiger partial charge in [0.2, 0.25) is 0 Å². The van der Waals surface area contributed by atoms with Gasteiger partial charge in [-0.25, -0.2) is 0 Å². The third-order valence-electron chi connectivity index (χ3n) is 3.76. The number of rotatable bonds is 3. The van der Waals surface area contributed by atoms with Crippen molar-refractivity contribution >= 4 is 29.0 Å². The fraction of sp³-hybridized carbons (Fsp3) is 0.400. The van der Waals surface area contributed by atoms with Crippen molar-refractivity contribution in [3.63, 3.8) is 0 Å². The van der Waals surface area contributed by atoms with Crippen LogP contribution in [0.2, 0.25) is 10.0 Å². The minimum absolute atomic E-state index is 0.308. The maximum Gasteiger partial charge on any atom is 0.129 e. The molecule has 2 rings (SSSR count). The second kappa shape index (κ2) is 5.66. The summed E-state index contributed by atoms with van der Waals surface area (Å²) >= 11 is 12.1. The quantitative estimate of drug-likeness (QED) is 0.890. The number of anilines is 1. The van der Waals surface area contributed by atoms with Crippen molar-refractivity contribution in [1.29, 1.82) is 0 Å². The van der Waals surface area contributed by atoms with E-state index in [0.717, 1.165) is 16.8 Å². The summed E-state index contributed by atoms with van der Waals surface area (Å²) in [6, 6.07) is 5.56. The van der Waals surface area contributed by atoms with E-state index in [2.05, 4.69) is 25.9 Å². The second-order valence-electron chi connectivity index (χ2n) is 5.43. The summed E-state index contributed by atoms with van der Waals surface area (Å²) in [5.74, 6) is 1.43. The summed E-state index contributed by atoms with van der Waals surface area (Å²) in [6.07, 6.45) is 0. The molecular weight excluding hydrogens is 293 g/mol. The van der Waals surface area contributed by atoms with Crippen LogP contribution in [0.3, 0.4) is 0 Å². The third-order valence-corrected chi connectivity index (χ3v) is 4.50. The minimum atomic E-state index is 0.308. The summed E-state index contributed by atoms with van der Waals surface area (Å²) < 4.78 is 1.71. The molecule has 1 unspecified atom stereocenters. The van der Waals surface area contributed by atoms with Gasteiger partial charge in [0, 0.05) is 18.5 Å². The number of hydrogen-bond donors (Lipinski definition) is 1. The van der Waals surface area contributed by atoms with Crippen LogP contribution in [-0.4, -0.2) is 9.78 Å². The molecule has 1 heterocycles. The monoisotopic (exact) mass is 311 g/mol. The first-order chi connectivity index (χ1) is 9.32. The van der Waals surface area contributed by atoms with E-state index in [1.165, 1.54) is 0 Å². The fourth-order valence-corrected chi connectivity index (χ4v) is 2.44. The number of nitrogens with zero attached hydrogens (tertiary/aromatic N) is 2. The number of halogens is 2. The van der Waals surface area contributed by atoms with Crippen LogP contribution in [0.15, 0.2) is 18.2 Å². The Morgan fingerprint density at radius 1 is 1.15 bits per heavy atom. The topological polar surface area (TPSA) is 43.8 Å². The first-order valence-electron chi connectivity index (χ1n) is 6.60. The van der Waals surface area contributed by atoms with Gasteiger partial charge in [0.15, 0.2) is 0 Å². The molecular formula is C15H19Cl2N3. The molecule has 2 N–H and O–H groups in total. The van der Waals surface area contributed by atoms with E-state index in [-0.39, 0.29) is 0 Å². The molecule has 3 nitrogen and oxygen atoms in total. The summed E-state index contributed by atoms with van der Waals surface area (Å²) in [6.45, 7) is 6.51. The lowest BCUT2D eigenvalue weighted by atomic mass is 9.90.